The number of aryl methyl sites for hydroxylation is 1. The molecule has 3 saturated heterocycles. The largest absolute Gasteiger partial charge is 0.417 e. The second kappa shape index (κ2) is 36.4. The second-order valence-corrected chi connectivity index (χ2v) is 30.6. The van der Waals surface area contributed by atoms with Gasteiger partial charge in [-0.2, -0.15) is 13.2 Å². The minimum atomic E-state index is -4.79. The van der Waals surface area contributed by atoms with E-state index < -0.39 is 192 Å². The minimum absolute atomic E-state index is 0.0100. The van der Waals surface area contributed by atoms with Crippen molar-refractivity contribution in [3.8, 4) is 0 Å². The number of alkyl halides is 3. The van der Waals surface area contributed by atoms with Crippen LogP contribution in [0.4, 0.5) is 13.2 Å². The highest BCUT2D eigenvalue weighted by Gasteiger charge is 2.52. The molecule has 568 valence electrons. The van der Waals surface area contributed by atoms with Crippen LogP contribution < -0.4 is 16.0 Å². The van der Waals surface area contributed by atoms with Gasteiger partial charge in [0.05, 0.1) is 43.2 Å². The Balaban J connectivity index is 1.30. The normalized spacial score (nSPS) is 26.7. The van der Waals surface area contributed by atoms with E-state index in [1.807, 2.05) is 20.8 Å². The number of carbonyl (C=O) groups excluding carboxylic acids is 13. The number of rotatable bonds is 11. The van der Waals surface area contributed by atoms with Crippen molar-refractivity contribution in [2.75, 3.05) is 88.6 Å². The lowest BCUT2D eigenvalue weighted by Gasteiger charge is -2.43. The Bertz CT molecular complexity index is 3220. The number of piperidine rings is 1. The van der Waals surface area contributed by atoms with E-state index in [1.165, 1.54) is 75.0 Å². The van der Waals surface area contributed by atoms with Crippen molar-refractivity contribution in [3.63, 3.8) is 0 Å². The van der Waals surface area contributed by atoms with E-state index >= 15 is 28.8 Å². The molecule has 7 rings (SSSR count). The van der Waals surface area contributed by atoms with Crippen LogP contribution in [0.1, 0.15) is 187 Å². The molecule has 0 radical (unpaired) electrons. The van der Waals surface area contributed by atoms with Crippen molar-refractivity contribution >= 4 is 88.3 Å². The maximum Gasteiger partial charge on any atom is 0.417 e. The quantitative estimate of drug-likeness (QED) is 0.243. The van der Waals surface area contributed by atoms with Crippen LogP contribution in [0.15, 0.2) is 18.2 Å². The summed E-state index contributed by atoms with van der Waals surface area (Å²) in [5.74, 6) is -10.2. The summed E-state index contributed by atoms with van der Waals surface area (Å²) in [6.07, 6.45) is 5.14. The number of hydrogen-bond acceptors (Lipinski definition) is 13. The molecule has 3 saturated carbocycles. The zero-order valence-electron chi connectivity index (χ0n) is 61.6. The summed E-state index contributed by atoms with van der Waals surface area (Å²) in [6.45, 7) is 5.61. The van der Waals surface area contributed by atoms with Gasteiger partial charge in [0.25, 0.3) is 0 Å². The Kier molecular flexibility index (Phi) is 29.2. The molecule has 0 aromatic heterocycles. The van der Waals surface area contributed by atoms with Gasteiger partial charge in [-0.1, -0.05) is 116 Å². The summed E-state index contributed by atoms with van der Waals surface area (Å²) in [5, 5.41) is 7.91. The molecule has 12 amide bonds. The summed E-state index contributed by atoms with van der Waals surface area (Å²) in [5.41, 5.74) is -2.56. The summed E-state index contributed by atoms with van der Waals surface area (Å²) in [7, 11) is 9.83. The first-order valence-electron chi connectivity index (χ1n) is 36.8. The van der Waals surface area contributed by atoms with E-state index in [0.29, 0.717) is 70.9 Å². The number of likely N-dealkylation sites (tertiary alicyclic amines) is 1. The number of carbonyl (C=O) groups is 13. The molecule has 1 spiro atoms. The summed E-state index contributed by atoms with van der Waals surface area (Å²) in [4.78, 5) is 204. The van der Waals surface area contributed by atoms with Gasteiger partial charge in [-0.25, -0.2) is 0 Å². The first kappa shape index (κ1) is 81.9. The average Bonchev–Trinajstić information content (AvgIpc) is 1.45. The maximum atomic E-state index is 15.8. The number of ketones is 1. The number of hydrogen-bond donors (Lipinski definition) is 3. The molecule has 1 unspecified atom stereocenters. The fourth-order valence-electron chi connectivity index (χ4n) is 15.7. The van der Waals surface area contributed by atoms with Crippen molar-refractivity contribution in [2.45, 2.75) is 236 Å². The molecule has 6 fully saturated rings. The van der Waals surface area contributed by atoms with Crippen molar-refractivity contribution in [3.05, 3.63) is 34.3 Å². The van der Waals surface area contributed by atoms with Crippen LogP contribution in [-0.4, -0.2) is 257 Å². The fourth-order valence-corrected chi connectivity index (χ4v) is 16.0. The van der Waals surface area contributed by atoms with Gasteiger partial charge >= 0.3 is 6.18 Å². The topological polar surface area (TPSA) is 287 Å². The zero-order valence-corrected chi connectivity index (χ0v) is 62.4. The van der Waals surface area contributed by atoms with Crippen LogP contribution in [-0.2, 0) is 74.9 Å². The molecule has 3 N–H and O–H groups in total. The summed E-state index contributed by atoms with van der Waals surface area (Å²) >= 11 is 6.14. The van der Waals surface area contributed by atoms with Crippen LogP contribution in [0.2, 0.25) is 5.02 Å². The Morgan fingerprint density at radius 1 is 0.618 bits per heavy atom. The van der Waals surface area contributed by atoms with E-state index in [9.17, 15) is 46.7 Å². The van der Waals surface area contributed by atoms with E-state index in [2.05, 4.69) is 16.0 Å². The van der Waals surface area contributed by atoms with Crippen molar-refractivity contribution in [2.24, 2.45) is 23.7 Å². The lowest BCUT2D eigenvalue weighted by molar-refractivity contribution is -0.157. The third kappa shape index (κ3) is 20.5. The number of nitrogens with zero attached hydrogens (tertiary/aromatic N) is 9. The Labute approximate surface area is 603 Å². The Hall–Kier alpha value is -7.39. The van der Waals surface area contributed by atoms with E-state index in [-0.39, 0.29) is 55.9 Å². The fraction of sp³-hybridized carbons (Fsp3) is 0.740. The predicted octanol–water partition coefficient (Wildman–Crippen LogP) is 5.60. The van der Waals surface area contributed by atoms with Crippen molar-refractivity contribution in [1.29, 1.82) is 0 Å². The van der Waals surface area contributed by atoms with Crippen molar-refractivity contribution < 1.29 is 75.5 Å². The van der Waals surface area contributed by atoms with Crippen LogP contribution in [0.5, 0.6) is 0 Å². The van der Waals surface area contributed by atoms with Gasteiger partial charge in [-0.3, -0.25) is 62.3 Å². The summed E-state index contributed by atoms with van der Waals surface area (Å²) in [6, 6.07) is -6.37. The first-order valence-corrected chi connectivity index (χ1v) is 37.1. The lowest BCUT2D eigenvalue weighted by atomic mass is 9.81. The molecule has 8 atom stereocenters. The molecule has 0 bridgehead atoms. The highest BCUT2D eigenvalue weighted by Crippen LogP contribution is 2.39. The lowest BCUT2D eigenvalue weighted by Crippen LogP contribution is -2.65. The molecular weight excluding hydrogens is 1350 g/mol. The maximum absolute atomic E-state index is 15.8. The highest BCUT2D eigenvalue weighted by atomic mass is 35.5. The number of benzene rings is 1. The third-order valence-corrected chi connectivity index (χ3v) is 22.6. The first-order chi connectivity index (χ1) is 48.1. The van der Waals surface area contributed by atoms with Gasteiger partial charge in [0.2, 0.25) is 70.9 Å². The van der Waals surface area contributed by atoms with Crippen LogP contribution in [0.25, 0.3) is 0 Å². The molecule has 3 aliphatic heterocycles. The molecule has 3 heterocycles. The van der Waals surface area contributed by atoms with Crippen LogP contribution in [0, 0.1) is 23.7 Å². The average molecular weight is 1460 g/mol. The number of amides is 12. The monoisotopic (exact) mass is 1450 g/mol. The van der Waals surface area contributed by atoms with E-state index in [1.54, 1.807) is 11.8 Å². The second-order valence-electron chi connectivity index (χ2n) is 30.2. The van der Waals surface area contributed by atoms with E-state index in [4.69, 9.17) is 11.6 Å². The third-order valence-electron chi connectivity index (χ3n) is 22.2. The van der Waals surface area contributed by atoms with Gasteiger partial charge < -0.3 is 60.0 Å². The van der Waals surface area contributed by atoms with Crippen molar-refractivity contribution in [1.82, 2.24) is 60.0 Å². The Morgan fingerprint density at radius 3 is 1.80 bits per heavy atom. The molecule has 3 aliphatic carbocycles. The number of nitrogens with one attached hydrogen (secondary N) is 3. The summed E-state index contributed by atoms with van der Waals surface area (Å²) < 4.78 is 41.7. The molecule has 25 nitrogen and oxygen atoms in total. The van der Waals surface area contributed by atoms with Gasteiger partial charge in [0.1, 0.15) is 47.8 Å². The van der Waals surface area contributed by atoms with Crippen LogP contribution >= 0.6 is 11.6 Å². The molecule has 1 aromatic rings. The number of halogens is 4. The SMILES string of the molecule is CC[C@H](C)[C@@H]1NC(=O)[C@H](CC(C)C)N(C)C(=O)C[C@@H](C(=O)N2CCCCC2)N(C)C(=O)[C@H](C2CCCCC2)N(C)C(=O)C2(CCCC2)NC(=O)C2CC(=O)CN2C(=O)[C@H](CCc2ccc(C(F)(F)F)c(Cl)c2)NC(=O)CN(C)C(=O)[C@H](CC2CCCCC2)N(C)C(=O)CN(C)C(=O)CN(C)C1=O. The van der Waals surface area contributed by atoms with Gasteiger partial charge in [0.15, 0.2) is 5.78 Å². The molecule has 102 heavy (non-hydrogen) atoms. The van der Waals surface area contributed by atoms with Gasteiger partial charge in [-0.05, 0) is 112 Å². The molecular formula is C73H110ClF3N12O13. The Morgan fingerprint density at radius 2 is 1.21 bits per heavy atom. The number of fused-ring (bicyclic) bond motifs is 1. The molecule has 1 aromatic carbocycles. The molecule has 29 heteroatoms. The van der Waals surface area contributed by atoms with Crippen LogP contribution in [0.3, 0.4) is 0 Å². The minimum Gasteiger partial charge on any atom is -0.343 e. The molecule has 6 aliphatic rings. The van der Waals surface area contributed by atoms with Gasteiger partial charge in [0, 0.05) is 68.8 Å². The number of likely N-dealkylation sites (N-methyl/N-ethyl adjacent to an activating group) is 7. The number of Topliss-reactive ketones (excluding diaryl/α,β-unsaturated/α-hetero) is 1. The standard InChI is InChI=1S/C73H110ClF3N12O13/c1-12-46(4)62-69(100)83(7)43-60(93)81(5)44-61(94)85(9)56(38-47-24-16-13-17-25-47)67(98)82(6)42-58(91)78-53(31-29-48-28-30-51(52(74)37-48)73(75,76)77)66(97)89-41-50(90)39-55(89)65(96)80-72(32-20-21-33-72)71(102)87(11)63(49-26-18-14-19-27-49)70(101)86(10)57(68(99)88-34-22-15-23-35-88)40-59(92)84(8)54(36-45(2)3)64(95)79-62/h28,30,37,45-47,49,53-57,62-63H,12-27,29,31-36,38-44H2,1-11H3,(H,78,91)(H,79,95)(H,80,96)/t46-,53-,54-,55?,56-,57-,62-,63-/m0/s1. The zero-order chi connectivity index (χ0) is 75.2. The van der Waals surface area contributed by atoms with E-state index in [0.717, 1.165) is 76.7 Å². The highest BCUT2D eigenvalue weighted by molar-refractivity contribution is 6.31. The predicted molar refractivity (Wildman–Crippen MR) is 374 cm³/mol. The van der Waals surface area contributed by atoms with Gasteiger partial charge in [-0.15, -0.1) is 0 Å². The smallest absolute Gasteiger partial charge is 0.343 e.